The van der Waals surface area contributed by atoms with Gasteiger partial charge in [0.25, 0.3) is 11.6 Å². The second kappa shape index (κ2) is 7.58. The lowest BCUT2D eigenvalue weighted by atomic mass is 10.2. The Balaban J connectivity index is 2.13. The number of hydrogen-bond acceptors (Lipinski definition) is 6. The summed E-state index contributed by atoms with van der Waals surface area (Å²) < 4.78 is 5.15. The molecule has 1 N–H and O–H groups in total. The number of nitro benzene ring substituents is 1. The van der Waals surface area contributed by atoms with Crippen molar-refractivity contribution in [2.45, 2.75) is 0 Å². The fraction of sp³-hybridized carbons (Fsp3) is 0.286. The predicted molar refractivity (Wildman–Crippen MR) is 82.8 cm³/mol. The third-order valence-electron chi connectivity index (χ3n) is 3.18. The highest BCUT2D eigenvalue weighted by Gasteiger charge is 2.20. The van der Waals surface area contributed by atoms with Crippen LogP contribution in [0.1, 0.15) is 0 Å². The molecule has 0 aromatic heterocycles. The predicted octanol–water partition coefficient (Wildman–Crippen LogP) is 1.93. The van der Waals surface area contributed by atoms with Gasteiger partial charge in [-0.2, -0.15) is 5.26 Å². The first kappa shape index (κ1) is 16.7. The molecular weight excluding hydrogens is 324 g/mol. The molecule has 0 bridgehead atoms. The van der Waals surface area contributed by atoms with Gasteiger partial charge in [-0.15, -0.1) is 0 Å². The Hall–Kier alpha value is -2.63. The van der Waals surface area contributed by atoms with Crippen molar-refractivity contribution in [2.75, 3.05) is 31.6 Å². The summed E-state index contributed by atoms with van der Waals surface area (Å²) in [6.07, 6.45) is 1.23. The van der Waals surface area contributed by atoms with Crippen molar-refractivity contribution in [3.05, 3.63) is 45.1 Å². The van der Waals surface area contributed by atoms with Crippen LogP contribution in [0.5, 0.6) is 0 Å². The molecule has 1 fully saturated rings. The maximum atomic E-state index is 12.2. The first-order chi connectivity index (χ1) is 11.0. The molecule has 1 saturated heterocycles. The van der Waals surface area contributed by atoms with E-state index in [1.54, 1.807) is 0 Å². The van der Waals surface area contributed by atoms with Crippen molar-refractivity contribution in [1.29, 1.82) is 5.26 Å². The average molecular weight is 337 g/mol. The Morgan fingerprint density at radius 1 is 1.48 bits per heavy atom. The number of nitro groups is 1. The van der Waals surface area contributed by atoms with E-state index < -0.39 is 10.8 Å². The minimum atomic E-state index is -0.610. The molecule has 0 saturated carbocycles. The second-order valence-corrected chi connectivity index (χ2v) is 5.05. The van der Waals surface area contributed by atoms with E-state index in [-0.39, 0.29) is 16.3 Å². The van der Waals surface area contributed by atoms with Gasteiger partial charge < -0.3 is 15.0 Å². The zero-order valence-electron chi connectivity index (χ0n) is 12.0. The minimum Gasteiger partial charge on any atom is -0.378 e. The summed E-state index contributed by atoms with van der Waals surface area (Å²) in [5.74, 6) is -0.410. The van der Waals surface area contributed by atoms with E-state index in [0.717, 1.165) is 0 Å². The largest absolute Gasteiger partial charge is 0.378 e. The molecule has 23 heavy (non-hydrogen) atoms. The van der Waals surface area contributed by atoms with Crippen molar-refractivity contribution in [3.63, 3.8) is 0 Å². The molecule has 1 aliphatic heterocycles. The minimum absolute atomic E-state index is 0.00873. The number of nitrogens with one attached hydrogen (secondary N) is 1. The highest BCUT2D eigenvalue weighted by atomic mass is 35.5. The molecule has 120 valence electrons. The van der Waals surface area contributed by atoms with Crippen molar-refractivity contribution in [1.82, 2.24) is 4.90 Å². The van der Waals surface area contributed by atoms with Crippen LogP contribution in [0.15, 0.2) is 30.0 Å². The molecule has 1 amide bonds. The van der Waals surface area contributed by atoms with Gasteiger partial charge in [0, 0.05) is 31.0 Å². The number of carbonyl (C=O) groups is 1. The van der Waals surface area contributed by atoms with Crippen molar-refractivity contribution < 1.29 is 14.5 Å². The van der Waals surface area contributed by atoms with E-state index in [9.17, 15) is 14.9 Å². The standard InChI is InChI=1S/C14H13ClN4O4/c15-12-2-1-11(7-13(12)19(21)22)17-9-10(8-16)14(20)18-3-5-23-6-4-18/h1-2,7,9,17H,3-6H2/b10-9-. The Kier molecular flexibility index (Phi) is 5.51. The van der Waals surface area contributed by atoms with Gasteiger partial charge in [0.2, 0.25) is 0 Å². The molecule has 0 radical (unpaired) electrons. The van der Waals surface area contributed by atoms with Crippen molar-refractivity contribution in [3.8, 4) is 6.07 Å². The number of ether oxygens (including phenoxy) is 1. The smallest absolute Gasteiger partial charge is 0.289 e. The number of amides is 1. The lowest BCUT2D eigenvalue weighted by Gasteiger charge is -2.26. The number of morpholine rings is 1. The monoisotopic (exact) mass is 336 g/mol. The van der Waals surface area contributed by atoms with Gasteiger partial charge in [-0.25, -0.2) is 0 Å². The molecule has 8 nitrogen and oxygen atoms in total. The fourth-order valence-electron chi connectivity index (χ4n) is 1.98. The molecule has 1 aliphatic rings. The summed E-state index contributed by atoms with van der Waals surface area (Å²) in [6.45, 7) is 1.71. The maximum Gasteiger partial charge on any atom is 0.289 e. The lowest BCUT2D eigenvalue weighted by molar-refractivity contribution is -0.384. The SMILES string of the molecule is N#C/C(=C/Nc1ccc(Cl)c([N+](=O)[O-])c1)C(=O)N1CCOCC1. The maximum absolute atomic E-state index is 12.2. The molecule has 0 aliphatic carbocycles. The summed E-state index contributed by atoms with van der Waals surface area (Å²) >= 11 is 5.72. The summed E-state index contributed by atoms with van der Waals surface area (Å²) in [5, 5.41) is 22.7. The van der Waals surface area contributed by atoms with Crippen LogP contribution in [0.4, 0.5) is 11.4 Å². The molecule has 1 heterocycles. The number of nitriles is 1. The van der Waals surface area contributed by atoms with Crippen LogP contribution in [0.3, 0.4) is 0 Å². The van der Waals surface area contributed by atoms with Gasteiger partial charge in [-0.05, 0) is 12.1 Å². The van der Waals surface area contributed by atoms with E-state index in [2.05, 4.69) is 5.32 Å². The van der Waals surface area contributed by atoms with E-state index >= 15 is 0 Å². The Bertz CT molecular complexity index is 693. The number of carbonyl (C=O) groups excluding carboxylic acids is 1. The van der Waals surface area contributed by atoms with Gasteiger partial charge in [0.1, 0.15) is 16.7 Å². The van der Waals surface area contributed by atoms with Crippen LogP contribution < -0.4 is 5.32 Å². The van der Waals surface area contributed by atoms with Crippen LogP contribution in [0, 0.1) is 21.4 Å². The Morgan fingerprint density at radius 2 is 2.17 bits per heavy atom. The summed E-state index contributed by atoms with van der Waals surface area (Å²) in [5.41, 5.74) is -0.00351. The van der Waals surface area contributed by atoms with Gasteiger partial charge in [-0.1, -0.05) is 11.6 Å². The van der Waals surface area contributed by atoms with Gasteiger partial charge in [-0.3, -0.25) is 14.9 Å². The van der Waals surface area contributed by atoms with E-state index in [4.69, 9.17) is 21.6 Å². The first-order valence-corrected chi connectivity index (χ1v) is 7.08. The van der Waals surface area contributed by atoms with Crippen LogP contribution >= 0.6 is 11.6 Å². The third-order valence-corrected chi connectivity index (χ3v) is 3.49. The summed E-state index contributed by atoms with van der Waals surface area (Å²) in [7, 11) is 0. The third kappa shape index (κ3) is 4.18. The Labute approximate surface area is 137 Å². The number of rotatable bonds is 4. The zero-order chi connectivity index (χ0) is 16.8. The Morgan fingerprint density at radius 3 is 2.78 bits per heavy atom. The highest BCUT2D eigenvalue weighted by molar-refractivity contribution is 6.32. The van der Waals surface area contributed by atoms with E-state index in [0.29, 0.717) is 32.0 Å². The molecule has 0 spiro atoms. The van der Waals surface area contributed by atoms with Gasteiger partial charge >= 0.3 is 0 Å². The molecule has 0 unspecified atom stereocenters. The zero-order valence-corrected chi connectivity index (χ0v) is 12.7. The van der Waals surface area contributed by atoms with Crippen LogP contribution in [-0.4, -0.2) is 42.0 Å². The van der Waals surface area contributed by atoms with Crippen LogP contribution in [0.25, 0.3) is 0 Å². The van der Waals surface area contributed by atoms with Crippen LogP contribution in [-0.2, 0) is 9.53 Å². The number of hydrogen-bond donors (Lipinski definition) is 1. The summed E-state index contributed by atoms with van der Waals surface area (Å²) in [6, 6.07) is 5.93. The number of benzene rings is 1. The lowest BCUT2D eigenvalue weighted by Crippen LogP contribution is -2.41. The number of anilines is 1. The van der Waals surface area contributed by atoms with Crippen LogP contribution in [0.2, 0.25) is 5.02 Å². The van der Waals surface area contributed by atoms with Crippen molar-refractivity contribution >= 4 is 28.9 Å². The molecule has 0 atom stereocenters. The number of halogens is 1. The molecular formula is C14H13ClN4O4. The van der Waals surface area contributed by atoms with Gasteiger partial charge in [0.05, 0.1) is 18.1 Å². The normalized spacial score (nSPS) is 15.0. The topological polar surface area (TPSA) is 108 Å². The molecule has 2 rings (SSSR count). The second-order valence-electron chi connectivity index (χ2n) is 4.64. The first-order valence-electron chi connectivity index (χ1n) is 6.70. The fourth-order valence-corrected chi connectivity index (χ4v) is 2.16. The van der Waals surface area contributed by atoms with E-state index in [1.807, 2.05) is 6.07 Å². The molecule has 1 aromatic carbocycles. The molecule has 9 heteroatoms. The highest BCUT2D eigenvalue weighted by Crippen LogP contribution is 2.27. The van der Waals surface area contributed by atoms with Crippen molar-refractivity contribution in [2.24, 2.45) is 0 Å². The average Bonchev–Trinajstić information content (AvgIpc) is 2.57. The quantitative estimate of drug-likeness (QED) is 0.389. The molecule has 1 aromatic rings. The summed E-state index contributed by atoms with van der Waals surface area (Å²) in [4.78, 5) is 23.9. The number of nitrogens with zero attached hydrogens (tertiary/aromatic N) is 3. The van der Waals surface area contributed by atoms with E-state index in [1.165, 1.54) is 29.3 Å². The van der Waals surface area contributed by atoms with Gasteiger partial charge in [0.15, 0.2) is 0 Å².